The molecule has 0 saturated heterocycles. The van der Waals surface area contributed by atoms with Crippen molar-refractivity contribution in [2.75, 3.05) is 0 Å². The Morgan fingerprint density at radius 2 is 2.00 bits per heavy atom. The third-order valence-electron chi connectivity index (χ3n) is 2.88. The zero-order chi connectivity index (χ0) is 14.7. The van der Waals surface area contributed by atoms with Crippen LogP contribution in [-0.4, -0.2) is 16.0 Å². The topological polar surface area (TPSA) is 71.5 Å². The van der Waals surface area contributed by atoms with Crippen LogP contribution >= 0.6 is 11.8 Å². The summed E-state index contributed by atoms with van der Waals surface area (Å²) in [4.78, 5) is 5.48. The molecule has 3 N–H and O–H groups in total. The minimum absolute atomic E-state index is 0.112. The summed E-state index contributed by atoms with van der Waals surface area (Å²) in [5.41, 5.74) is 9.68. The summed E-state index contributed by atoms with van der Waals surface area (Å²) < 4.78 is 0. The second-order valence-electron chi connectivity index (χ2n) is 4.66. The summed E-state index contributed by atoms with van der Waals surface area (Å²) in [7, 11) is 0. The molecule has 4 nitrogen and oxygen atoms in total. The molecule has 0 bridgehead atoms. The first-order valence-electron chi connectivity index (χ1n) is 6.22. The van der Waals surface area contributed by atoms with E-state index in [1.54, 1.807) is 0 Å². The first kappa shape index (κ1) is 14.4. The third kappa shape index (κ3) is 3.11. The number of rotatable bonds is 3. The molecule has 0 aliphatic carbocycles. The number of nitrogens with zero attached hydrogens (tertiary/aromatic N) is 2. The van der Waals surface area contributed by atoms with Crippen LogP contribution in [0.3, 0.4) is 0 Å². The molecule has 104 valence electrons. The van der Waals surface area contributed by atoms with Crippen molar-refractivity contribution in [2.45, 2.75) is 30.7 Å². The van der Waals surface area contributed by atoms with Crippen LogP contribution in [0.5, 0.6) is 0 Å². The number of aromatic nitrogens is 1. The molecule has 0 fully saturated rings. The lowest BCUT2D eigenvalue weighted by Gasteiger charge is -2.11. The highest BCUT2D eigenvalue weighted by atomic mass is 32.2. The number of benzene rings is 1. The number of pyridine rings is 1. The van der Waals surface area contributed by atoms with E-state index in [9.17, 15) is 0 Å². The molecule has 0 radical (unpaired) electrons. The Labute approximate surface area is 122 Å². The van der Waals surface area contributed by atoms with Crippen LogP contribution in [0.25, 0.3) is 0 Å². The number of hydrogen-bond acceptors (Lipinski definition) is 4. The molecule has 2 rings (SSSR count). The lowest BCUT2D eigenvalue weighted by atomic mass is 10.1. The van der Waals surface area contributed by atoms with Crippen LogP contribution in [0.4, 0.5) is 0 Å². The molecular weight excluding hydrogens is 270 g/mol. The lowest BCUT2D eigenvalue weighted by Crippen LogP contribution is -2.14. The maximum atomic E-state index is 8.90. The predicted molar refractivity (Wildman–Crippen MR) is 81.5 cm³/mol. The predicted octanol–water partition coefficient (Wildman–Crippen LogP) is 3.25. The average Bonchev–Trinajstić information content (AvgIpc) is 2.39. The largest absolute Gasteiger partial charge is 0.409 e. The average molecular weight is 287 g/mol. The van der Waals surface area contributed by atoms with E-state index in [0.717, 1.165) is 26.7 Å². The molecule has 20 heavy (non-hydrogen) atoms. The molecule has 1 aromatic heterocycles. The molecule has 0 aliphatic heterocycles. The normalized spacial score (nSPS) is 11.7. The molecule has 0 atom stereocenters. The van der Waals surface area contributed by atoms with Gasteiger partial charge >= 0.3 is 0 Å². The highest BCUT2D eigenvalue weighted by Crippen LogP contribution is 2.32. The van der Waals surface area contributed by atoms with Crippen molar-refractivity contribution < 1.29 is 5.21 Å². The summed E-state index contributed by atoms with van der Waals surface area (Å²) in [6.45, 7) is 6.01. The second kappa shape index (κ2) is 5.96. The Kier molecular flexibility index (Phi) is 4.29. The van der Waals surface area contributed by atoms with E-state index < -0.39 is 0 Å². The molecule has 0 amide bonds. The van der Waals surface area contributed by atoms with Crippen LogP contribution in [0.2, 0.25) is 0 Å². The Bertz CT molecular complexity index is 648. The van der Waals surface area contributed by atoms with Gasteiger partial charge in [-0.15, -0.1) is 0 Å². The van der Waals surface area contributed by atoms with Gasteiger partial charge in [0.15, 0.2) is 5.84 Å². The molecule has 1 aromatic carbocycles. The van der Waals surface area contributed by atoms with Crippen molar-refractivity contribution >= 4 is 17.6 Å². The van der Waals surface area contributed by atoms with E-state index in [2.05, 4.69) is 10.1 Å². The molecule has 0 spiro atoms. The van der Waals surface area contributed by atoms with Gasteiger partial charge in [0.05, 0.1) is 0 Å². The van der Waals surface area contributed by atoms with E-state index >= 15 is 0 Å². The number of nitrogens with two attached hydrogens (primary N) is 1. The van der Waals surface area contributed by atoms with E-state index in [4.69, 9.17) is 10.9 Å². The quantitative estimate of drug-likeness (QED) is 0.393. The number of oxime groups is 1. The summed E-state index contributed by atoms with van der Waals surface area (Å²) in [5, 5.41) is 12.9. The fourth-order valence-electron chi connectivity index (χ4n) is 2.00. The van der Waals surface area contributed by atoms with E-state index in [1.165, 1.54) is 17.3 Å². The highest BCUT2D eigenvalue weighted by molar-refractivity contribution is 7.99. The van der Waals surface area contributed by atoms with Crippen molar-refractivity contribution in [1.82, 2.24) is 4.98 Å². The summed E-state index contributed by atoms with van der Waals surface area (Å²) in [6, 6.07) is 9.79. The first-order valence-corrected chi connectivity index (χ1v) is 7.03. The third-order valence-corrected chi connectivity index (χ3v) is 4.04. The zero-order valence-corrected chi connectivity index (χ0v) is 12.5. The van der Waals surface area contributed by atoms with Gasteiger partial charge in [0, 0.05) is 16.2 Å². The van der Waals surface area contributed by atoms with Crippen molar-refractivity contribution in [1.29, 1.82) is 0 Å². The van der Waals surface area contributed by atoms with Gasteiger partial charge in [0.1, 0.15) is 5.03 Å². The van der Waals surface area contributed by atoms with Crippen LogP contribution in [0.15, 0.2) is 45.4 Å². The minimum atomic E-state index is 0.112. The molecular formula is C15H17N3OS. The van der Waals surface area contributed by atoms with Gasteiger partial charge in [-0.25, -0.2) is 4.98 Å². The van der Waals surface area contributed by atoms with Gasteiger partial charge < -0.3 is 10.9 Å². The number of aryl methyl sites for hydroxylation is 3. The molecule has 2 aromatic rings. The van der Waals surface area contributed by atoms with E-state index in [1.807, 2.05) is 51.1 Å². The monoisotopic (exact) mass is 287 g/mol. The number of amidine groups is 1. The minimum Gasteiger partial charge on any atom is -0.409 e. The Hall–Kier alpha value is -2.01. The summed E-state index contributed by atoms with van der Waals surface area (Å²) >= 11 is 1.53. The smallest absolute Gasteiger partial charge is 0.171 e. The van der Waals surface area contributed by atoms with E-state index in [-0.39, 0.29) is 5.84 Å². The van der Waals surface area contributed by atoms with Gasteiger partial charge in [-0.1, -0.05) is 29.1 Å². The summed E-state index contributed by atoms with van der Waals surface area (Å²) in [5.74, 6) is 0.112. The molecule has 0 unspecified atom stereocenters. The van der Waals surface area contributed by atoms with Gasteiger partial charge in [-0.05, 0) is 50.1 Å². The highest BCUT2D eigenvalue weighted by Gasteiger charge is 2.12. The van der Waals surface area contributed by atoms with Crippen LogP contribution < -0.4 is 5.73 Å². The SMILES string of the molecule is Cc1cc(C)nc(Sc2c(C)cccc2/C(N)=N/O)c1. The number of hydrogen-bond donors (Lipinski definition) is 2. The zero-order valence-electron chi connectivity index (χ0n) is 11.7. The van der Waals surface area contributed by atoms with Crippen molar-refractivity contribution in [3.05, 3.63) is 52.7 Å². The fourth-order valence-corrected chi connectivity index (χ4v) is 3.16. The van der Waals surface area contributed by atoms with Crippen molar-refractivity contribution in [2.24, 2.45) is 10.9 Å². The lowest BCUT2D eigenvalue weighted by molar-refractivity contribution is 0.318. The first-order chi connectivity index (χ1) is 9.51. The van der Waals surface area contributed by atoms with E-state index in [0.29, 0.717) is 0 Å². The van der Waals surface area contributed by atoms with Crippen molar-refractivity contribution in [3.63, 3.8) is 0 Å². The van der Waals surface area contributed by atoms with Crippen molar-refractivity contribution in [3.8, 4) is 0 Å². The van der Waals surface area contributed by atoms with Crippen LogP contribution in [0.1, 0.15) is 22.4 Å². The Morgan fingerprint density at radius 1 is 1.25 bits per heavy atom. The maximum Gasteiger partial charge on any atom is 0.171 e. The van der Waals surface area contributed by atoms with Gasteiger partial charge in [0.2, 0.25) is 0 Å². The van der Waals surface area contributed by atoms with Gasteiger partial charge in [0.25, 0.3) is 0 Å². The van der Waals surface area contributed by atoms with Crippen LogP contribution in [0, 0.1) is 20.8 Å². The molecule has 0 aliphatic rings. The Balaban J connectivity index is 2.47. The molecule has 1 heterocycles. The molecule has 5 heteroatoms. The standard InChI is InChI=1S/C15H17N3OS/c1-9-7-11(3)17-13(8-9)20-14-10(2)5-4-6-12(14)15(16)18-19/h4-8,19H,1-3H3,(H2,16,18). The summed E-state index contributed by atoms with van der Waals surface area (Å²) in [6.07, 6.45) is 0. The fraction of sp³-hybridized carbons (Fsp3) is 0.200. The van der Waals surface area contributed by atoms with Gasteiger partial charge in [-0.3, -0.25) is 0 Å². The van der Waals surface area contributed by atoms with Crippen LogP contribution in [-0.2, 0) is 0 Å². The van der Waals surface area contributed by atoms with Gasteiger partial charge in [-0.2, -0.15) is 0 Å². The second-order valence-corrected chi connectivity index (χ2v) is 5.69. The molecule has 0 saturated carbocycles. The maximum absolute atomic E-state index is 8.90. The Morgan fingerprint density at radius 3 is 2.65 bits per heavy atom.